The van der Waals surface area contributed by atoms with E-state index in [0.717, 1.165) is 33.1 Å². The van der Waals surface area contributed by atoms with E-state index in [0.29, 0.717) is 0 Å². The lowest BCUT2D eigenvalue weighted by molar-refractivity contribution is 0.670. The van der Waals surface area contributed by atoms with Crippen LogP contribution in [0.15, 0.2) is 174 Å². The van der Waals surface area contributed by atoms with Gasteiger partial charge in [-0.2, -0.15) is 0 Å². The molecular weight excluding hydrogens is 625 g/mol. The van der Waals surface area contributed by atoms with Crippen LogP contribution in [0.5, 0.6) is 0 Å². The predicted octanol–water partition coefficient (Wildman–Crippen LogP) is 14.3. The molecular formula is C48H28OS. The minimum Gasteiger partial charge on any atom is -0.455 e. The van der Waals surface area contributed by atoms with Gasteiger partial charge < -0.3 is 4.42 Å². The van der Waals surface area contributed by atoms with Crippen molar-refractivity contribution < 1.29 is 4.42 Å². The molecule has 11 rings (SSSR count). The molecule has 1 nitrogen and oxygen atoms in total. The lowest BCUT2D eigenvalue weighted by atomic mass is 9.79. The largest absolute Gasteiger partial charge is 0.455 e. The highest BCUT2D eigenvalue weighted by molar-refractivity contribution is 7.26. The summed E-state index contributed by atoms with van der Waals surface area (Å²) in [6, 6.07) is 62.2. The van der Waals surface area contributed by atoms with E-state index in [1.54, 1.807) is 0 Å². The van der Waals surface area contributed by atoms with Gasteiger partial charge in [0.05, 0.1) is 0 Å². The van der Waals surface area contributed by atoms with Crippen LogP contribution in [0.3, 0.4) is 0 Å². The lowest BCUT2D eigenvalue weighted by Gasteiger charge is -2.24. The Kier molecular flexibility index (Phi) is 5.89. The fourth-order valence-electron chi connectivity index (χ4n) is 8.19. The van der Waals surface area contributed by atoms with Crippen molar-refractivity contribution in [3.63, 3.8) is 0 Å². The Morgan fingerprint density at radius 2 is 0.800 bits per heavy atom. The molecule has 0 atom stereocenters. The Morgan fingerprint density at radius 3 is 1.52 bits per heavy atom. The fourth-order valence-corrected chi connectivity index (χ4v) is 9.43. The molecule has 0 aliphatic heterocycles. The molecule has 0 spiro atoms. The van der Waals surface area contributed by atoms with Crippen molar-refractivity contribution in [1.29, 1.82) is 0 Å². The van der Waals surface area contributed by atoms with Gasteiger partial charge in [0.1, 0.15) is 11.2 Å². The minimum atomic E-state index is 0.915. The van der Waals surface area contributed by atoms with Crippen molar-refractivity contribution in [2.24, 2.45) is 0 Å². The second-order valence-corrected chi connectivity index (χ2v) is 14.2. The molecule has 10 aromatic rings. The highest BCUT2D eigenvalue weighted by Crippen LogP contribution is 2.50. The molecule has 0 saturated carbocycles. The van der Waals surface area contributed by atoms with E-state index in [1.165, 1.54) is 75.8 Å². The molecule has 2 aromatic heterocycles. The van der Waals surface area contributed by atoms with Crippen LogP contribution in [-0.4, -0.2) is 0 Å². The first kappa shape index (κ1) is 27.7. The summed E-state index contributed by atoms with van der Waals surface area (Å²) in [7, 11) is 0. The number of furan rings is 1. The molecule has 0 radical (unpaired) electrons. The Hall–Kier alpha value is -6.22. The first-order chi connectivity index (χ1) is 24.8. The van der Waals surface area contributed by atoms with Crippen LogP contribution in [0, 0.1) is 0 Å². The zero-order valence-electron chi connectivity index (χ0n) is 27.0. The zero-order valence-corrected chi connectivity index (χ0v) is 27.8. The van der Waals surface area contributed by atoms with E-state index in [1.807, 2.05) is 17.4 Å². The minimum absolute atomic E-state index is 0.915. The van der Waals surface area contributed by atoms with Gasteiger partial charge in [-0.1, -0.05) is 146 Å². The summed E-state index contributed by atoms with van der Waals surface area (Å²) in [4.78, 5) is 0. The van der Waals surface area contributed by atoms with Crippen molar-refractivity contribution in [2.75, 3.05) is 0 Å². The number of para-hydroxylation sites is 2. The summed E-state index contributed by atoms with van der Waals surface area (Å²) >= 11 is 1.89. The highest BCUT2D eigenvalue weighted by atomic mass is 32.1. The van der Waals surface area contributed by atoms with Crippen molar-refractivity contribution in [3.05, 3.63) is 170 Å². The number of hydrogen-bond acceptors (Lipinski definition) is 2. The third-order valence-electron chi connectivity index (χ3n) is 10.5. The van der Waals surface area contributed by atoms with Crippen molar-refractivity contribution >= 4 is 53.4 Å². The number of rotatable bonds is 2. The van der Waals surface area contributed by atoms with Crippen LogP contribution < -0.4 is 0 Å². The van der Waals surface area contributed by atoms with Crippen molar-refractivity contribution in [3.8, 4) is 66.8 Å². The maximum atomic E-state index is 6.52. The van der Waals surface area contributed by atoms with E-state index in [-0.39, 0.29) is 0 Å². The van der Waals surface area contributed by atoms with E-state index >= 15 is 0 Å². The third kappa shape index (κ3) is 4.00. The summed E-state index contributed by atoms with van der Waals surface area (Å²) < 4.78 is 9.18. The zero-order chi connectivity index (χ0) is 32.8. The number of benzene rings is 8. The van der Waals surface area contributed by atoms with Crippen LogP contribution >= 0.6 is 11.3 Å². The molecule has 232 valence electrons. The van der Waals surface area contributed by atoms with Crippen LogP contribution in [0.4, 0.5) is 0 Å². The topological polar surface area (TPSA) is 13.1 Å². The van der Waals surface area contributed by atoms with E-state index in [4.69, 9.17) is 4.42 Å². The monoisotopic (exact) mass is 652 g/mol. The molecule has 0 amide bonds. The Labute approximate surface area is 293 Å². The predicted molar refractivity (Wildman–Crippen MR) is 213 cm³/mol. The molecule has 1 aliphatic carbocycles. The van der Waals surface area contributed by atoms with E-state index in [9.17, 15) is 0 Å². The van der Waals surface area contributed by atoms with Gasteiger partial charge in [-0.25, -0.2) is 0 Å². The molecule has 1 aliphatic rings. The standard InChI is InChI=1S/C48H28OS/c1-2-13-35-33(11-1)34-12-3-4-14-36(34)43-27-29(31-17-9-19-41-39-15-5-7-21-45(39)49-47(31)41)23-26-38(43)44-28-30(24-25-37(35)44)32-18-10-20-42-40-16-6-8-22-46(40)50-48(32)42/h1-28H. The number of thiophene rings is 1. The van der Waals surface area contributed by atoms with Gasteiger partial charge in [0.15, 0.2) is 0 Å². The van der Waals surface area contributed by atoms with Gasteiger partial charge in [-0.05, 0) is 85.5 Å². The third-order valence-corrected chi connectivity index (χ3v) is 11.7. The van der Waals surface area contributed by atoms with Crippen LogP contribution in [0.25, 0.3) is 109 Å². The Bertz CT molecular complexity index is 2850. The normalized spacial score (nSPS) is 12.0. The number of fused-ring (bicyclic) bond motifs is 14. The smallest absolute Gasteiger partial charge is 0.143 e. The molecule has 0 bridgehead atoms. The SMILES string of the molecule is c1ccc2c(c1)-c1ccccc1-c1cc(-c3cccc4c3oc3ccccc34)ccc1-c1cc(-c3cccc4c3sc3ccccc34)ccc1-2. The first-order valence-electron chi connectivity index (χ1n) is 17.1. The van der Waals surface area contributed by atoms with Crippen LogP contribution in [0.1, 0.15) is 0 Å². The average molecular weight is 653 g/mol. The summed E-state index contributed by atoms with van der Waals surface area (Å²) in [6.45, 7) is 0. The Balaban J connectivity index is 1.19. The van der Waals surface area contributed by atoms with E-state index in [2.05, 4.69) is 164 Å². The molecule has 2 heteroatoms. The van der Waals surface area contributed by atoms with Gasteiger partial charge in [-0.3, -0.25) is 0 Å². The summed E-state index contributed by atoms with van der Waals surface area (Å²) in [5.41, 5.74) is 16.5. The number of hydrogen-bond donors (Lipinski definition) is 0. The van der Waals surface area contributed by atoms with Gasteiger partial charge in [0.2, 0.25) is 0 Å². The van der Waals surface area contributed by atoms with E-state index < -0.39 is 0 Å². The highest BCUT2D eigenvalue weighted by Gasteiger charge is 2.24. The molecule has 50 heavy (non-hydrogen) atoms. The maximum absolute atomic E-state index is 6.52. The van der Waals surface area contributed by atoms with Crippen molar-refractivity contribution in [2.45, 2.75) is 0 Å². The summed E-state index contributed by atoms with van der Waals surface area (Å²) in [5, 5.41) is 4.93. The van der Waals surface area contributed by atoms with Gasteiger partial charge >= 0.3 is 0 Å². The maximum Gasteiger partial charge on any atom is 0.143 e. The average Bonchev–Trinajstić information content (AvgIpc) is 3.76. The fraction of sp³-hybridized carbons (Fsp3) is 0. The molecule has 0 saturated heterocycles. The Morgan fingerprint density at radius 1 is 0.320 bits per heavy atom. The van der Waals surface area contributed by atoms with Crippen LogP contribution in [0.2, 0.25) is 0 Å². The van der Waals surface area contributed by atoms with Gasteiger partial charge in [-0.15, -0.1) is 11.3 Å². The molecule has 0 N–H and O–H groups in total. The summed E-state index contributed by atoms with van der Waals surface area (Å²) in [5.74, 6) is 0. The van der Waals surface area contributed by atoms with Crippen molar-refractivity contribution in [1.82, 2.24) is 0 Å². The lowest BCUT2D eigenvalue weighted by Crippen LogP contribution is -1.98. The molecule has 0 fully saturated rings. The second kappa shape index (κ2) is 10.6. The second-order valence-electron chi connectivity index (χ2n) is 13.2. The van der Waals surface area contributed by atoms with Gasteiger partial charge in [0, 0.05) is 36.5 Å². The quantitative estimate of drug-likeness (QED) is 0.181. The molecule has 0 unspecified atom stereocenters. The first-order valence-corrected chi connectivity index (χ1v) is 17.9. The van der Waals surface area contributed by atoms with Crippen LogP contribution in [-0.2, 0) is 0 Å². The summed E-state index contributed by atoms with van der Waals surface area (Å²) in [6.07, 6.45) is 0. The molecule has 2 heterocycles. The molecule has 8 aromatic carbocycles. The van der Waals surface area contributed by atoms with Gasteiger partial charge in [0.25, 0.3) is 0 Å².